The Bertz CT molecular complexity index is 646. The zero-order chi connectivity index (χ0) is 14.7. The van der Waals surface area contributed by atoms with Crippen LogP contribution in [0.2, 0.25) is 0 Å². The lowest BCUT2D eigenvalue weighted by atomic mass is 10.3. The van der Waals surface area contributed by atoms with E-state index in [0.29, 0.717) is 5.69 Å². The highest BCUT2D eigenvalue weighted by atomic mass is 16.6. The molecule has 0 unspecified atom stereocenters. The lowest BCUT2D eigenvalue weighted by Crippen LogP contribution is -2.06. The van der Waals surface area contributed by atoms with Gasteiger partial charge in [-0.05, 0) is 32.0 Å². The van der Waals surface area contributed by atoms with Crippen molar-refractivity contribution in [1.82, 2.24) is 9.78 Å². The third-order valence-corrected chi connectivity index (χ3v) is 2.68. The number of nitrogens with zero attached hydrogens (tertiary/aromatic N) is 3. The van der Waals surface area contributed by atoms with Gasteiger partial charge < -0.3 is 4.74 Å². The van der Waals surface area contributed by atoms with E-state index >= 15 is 0 Å². The highest BCUT2D eigenvalue weighted by Gasteiger charge is 2.14. The van der Waals surface area contributed by atoms with Crippen LogP contribution in [0.4, 0.5) is 5.69 Å². The van der Waals surface area contributed by atoms with Crippen LogP contribution in [-0.4, -0.2) is 27.3 Å². The quantitative estimate of drug-likeness (QED) is 0.485. The molecule has 1 heterocycles. The molecule has 0 aliphatic carbocycles. The minimum Gasteiger partial charge on any atom is -0.461 e. The molecule has 20 heavy (non-hydrogen) atoms. The van der Waals surface area contributed by atoms with Crippen molar-refractivity contribution in [3.8, 4) is 5.69 Å². The van der Waals surface area contributed by atoms with Crippen molar-refractivity contribution in [2.24, 2.45) is 0 Å². The number of aryl methyl sites for hydroxylation is 1. The maximum absolute atomic E-state index is 11.6. The predicted octanol–water partition coefficient (Wildman–Crippen LogP) is 2.27. The molecule has 0 saturated heterocycles. The van der Waals surface area contributed by atoms with Crippen LogP contribution in [0.1, 0.15) is 23.1 Å². The van der Waals surface area contributed by atoms with E-state index in [2.05, 4.69) is 5.10 Å². The summed E-state index contributed by atoms with van der Waals surface area (Å²) in [5.74, 6) is -0.490. The van der Waals surface area contributed by atoms with Crippen LogP contribution in [0.25, 0.3) is 5.69 Å². The largest absolute Gasteiger partial charge is 0.461 e. The Labute approximate surface area is 114 Å². The van der Waals surface area contributed by atoms with E-state index in [1.165, 1.54) is 16.8 Å². The van der Waals surface area contributed by atoms with Crippen molar-refractivity contribution in [2.45, 2.75) is 13.8 Å². The SMILES string of the molecule is CCOC(=O)c1cc(C)n(-c2ccc([N+](=O)[O-])cc2)n1. The van der Waals surface area contributed by atoms with Gasteiger partial charge in [0, 0.05) is 17.8 Å². The molecular weight excluding hydrogens is 262 g/mol. The molecule has 7 heteroatoms. The summed E-state index contributed by atoms with van der Waals surface area (Å²) in [6, 6.07) is 7.54. The Morgan fingerprint density at radius 1 is 1.40 bits per heavy atom. The molecule has 7 nitrogen and oxygen atoms in total. The number of carbonyl (C=O) groups is 1. The number of nitro groups is 1. The van der Waals surface area contributed by atoms with Gasteiger partial charge in [-0.1, -0.05) is 0 Å². The van der Waals surface area contributed by atoms with E-state index in [-0.39, 0.29) is 18.0 Å². The van der Waals surface area contributed by atoms with Crippen molar-refractivity contribution in [1.29, 1.82) is 0 Å². The summed E-state index contributed by atoms with van der Waals surface area (Å²) >= 11 is 0. The summed E-state index contributed by atoms with van der Waals surface area (Å²) in [5, 5.41) is 14.7. The number of carbonyl (C=O) groups excluding carboxylic acids is 1. The summed E-state index contributed by atoms with van der Waals surface area (Å²) in [7, 11) is 0. The summed E-state index contributed by atoms with van der Waals surface area (Å²) < 4.78 is 6.42. The van der Waals surface area contributed by atoms with E-state index in [4.69, 9.17) is 4.74 Å². The molecule has 0 amide bonds. The lowest BCUT2D eigenvalue weighted by molar-refractivity contribution is -0.384. The minimum absolute atomic E-state index is 0.00387. The van der Waals surface area contributed by atoms with E-state index in [0.717, 1.165) is 5.69 Å². The first kappa shape index (κ1) is 13.7. The molecule has 2 rings (SSSR count). The molecule has 0 N–H and O–H groups in total. The number of aromatic nitrogens is 2. The van der Waals surface area contributed by atoms with Crippen molar-refractivity contribution < 1.29 is 14.5 Å². The normalized spacial score (nSPS) is 10.3. The second-order valence-electron chi connectivity index (χ2n) is 4.08. The topological polar surface area (TPSA) is 87.3 Å². The third kappa shape index (κ3) is 2.66. The molecule has 0 radical (unpaired) electrons. The number of nitro benzene ring substituents is 1. The molecule has 0 atom stereocenters. The van der Waals surface area contributed by atoms with E-state index in [1.807, 2.05) is 0 Å². The van der Waals surface area contributed by atoms with Gasteiger partial charge in [0.15, 0.2) is 5.69 Å². The highest BCUT2D eigenvalue weighted by molar-refractivity contribution is 5.87. The Kier molecular flexibility index (Phi) is 3.79. The molecule has 0 fully saturated rings. The summed E-state index contributed by atoms with van der Waals surface area (Å²) in [6.45, 7) is 3.79. The van der Waals surface area contributed by atoms with E-state index in [9.17, 15) is 14.9 Å². The number of non-ortho nitro benzene ring substituents is 1. The fraction of sp³-hybridized carbons (Fsp3) is 0.231. The van der Waals surface area contributed by atoms with Crippen LogP contribution in [0, 0.1) is 17.0 Å². The van der Waals surface area contributed by atoms with Gasteiger partial charge in [0.25, 0.3) is 5.69 Å². The van der Waals surface area contributed by atoms with Crippen molar-refractivity contribution in [3.05, 3.63) is 51.8 Å². The van der Waals surface area contributed by atoms with Gasteiger partial charge in [-0.25, -0.2) is 9.48 Å². The second kappa shape index (κ2) is 5.52. The molecule has 2 aromatic rings. The van der Waals surface area contributed by atoms with E-state index < -0.39 is 10.9 Å². The molecule has 0 aliphatic heterocycles. The van der Waals surface area contributed by atoms with Gasteiger partial charge in [0.1, 0.15) is 0 Å². The maximum atomic E-state index is 11.6. The average Bonchev–Trinajstić information content (AvgIpc) is 2.81. The number of rotatable bonds is 4. The van der Waals surface area contributed by atoms with Crippen LogP contribution in [0.3, 0.4) is 0 Å². The van der Waals surface area contributed by atoms with Crippen LogP contribution in [0.5, 0.6) is 0 Å². The Morgan fingerprint density at radius 3 is 2.60 bits per heavy atom. The van der Waals surface area contributed by atoms with Crippen LogP contribution >= 0.6 is 0 Å². The standard InChI is InChI=1S/C13H13N3O4/c1-3-20-13(17)12-8-9(2)15(14-12)10-4-6-11(7-5-10)16(18)19/h4-8H,3H2,1-2H3. The summed E-state index contributed by atoms with van der Waals surface area (Å²) in [6.07, 6.45) is 0. The third-order valence-electron chi connectivity index (χ3n) is 2.68. The smallest absolute Gasteiger partial charge is 0.358 e. The van der Waals surface area contributed by atoms with E-state index in [1.54, 1.807) is 32.0 Å². The highest BCUT2D eigenvalue weighted by Crippen LogP contribution is 2.17. The Morgan fingerprint density at radius 2 is 2.05 bits per heavy atom. The van der Waals surface area contributed by atoms with Gasteiger partial charge in [0.05, 0.1) is 17.2 Å². The van der Waals surface area contributed by atoms with Crippen LogP contribution in [-0.2, 0) is 4.74 Å². The van der Waals surface area contributed by atoms with Crippen molar-refractivity contribution >= 4 is 11.7 Å². The minimum atomic E-state index is -0.490. The van der Waals surface area contributed by atoms with Crippen LogP contribution < -0.4 is 0 Å². The average molecular weight is 275 g/mol. The number of benzene rings is 1. The maximum Gasteiger partial charge on any atom is 0.358 e. The Balaban J connectivity index is 2.33. The molecule has 0 bridgehead atoms. The van der Waals surface area contributed by atoms with Gasteiger partial charge in [-0.3, -0.25) is 10.1 Å². The van der Waals surface area contributed by atoms with Gasteiger partial charge >= 0.3 is 5.97 Å². The molecule has 0 saturated carbocycles. The monoisotopic (exact) mass is 275 g/mol. The number of esters is 1. The Hall–Kier alpha value is -2.70. The fourth-order valence-corrected chi connectivity index (χ4v) is 1.76. The molecule has 1 aromatic carbocycles. The van der Waals surface area contributed by atoms with Crippen molar-refractivity contribution in [2.75, 3.05) is 6.61 Å². The molecule has 104 valence electrons. The second-order valence-corrected chi connectivity index (χ2v) is 4.08. The molecule has 0 spiro atoms. The number of ether oxygens (including phenoxy) is 1. The zero-order valence-electron chi connectivity index (χ0n) is 11.1. The first-order valence-corrected chi connectivity index (χ1v) is 6.01. The predicted molar refractivity (Wildman–Crippen MR) is 70.9 cm³/mol. The van der Waals surface area contributed by atoms with Gasteiger partial charge in [-0.15, -0.1) is 0 Å². The number of hydrogen-bond donors (Lipinski definition) is 0. The van der Waals surface area contributed by atoms with Gasteiger partial charge in [-0.2, -0.15) is 5.10 Å². The summed E-state index contributed by atoms with van der Waals surface area (Å²) in [5.41, 5.74) is 1.59. The van der Waals surface area contributed by atoms with Crippen molar-refractivity contribution in [3.63, 3.8) is 0 Å². The molecule has 0 aliphatic rings. The fourth-order valence-electron chi connectivity index (χ4n) is 1.76. The lowest BCUT2D eigenvalue weighted by Gasteiger charge is -2.03. The molecular formula is C13H13N3O4. The first-order chi connectivity index (χ1) is 9.52. The zero-order valence-corrected chi connectivity index (χ0v) is 11.1. The number of hydrogen-bond acceptors (Lipinski definition) is 5. The molecule has 1 aromatic heterocycles. The summed E-state index contributed by atoms with van der Waals surface area (Å²) in [4.78, 5) is 21.7. The first-order valence-electron chi connectivity index (χ1n) is 6.01. The van der Waals surface area contributed by atoms with Crippen LogP contribution in [0.15, 0.2) is 30.3 Å². The van der Waals surface area contributed by atoms with Gasteiger partial charge in [0.2, 0.25) is 0 Å².